The van der Waals surface area contributed by atoms with Crippen molar-refractivity contribution in [2.45, 2.75) is 56.8 Å². The second-order valence-electron chi connectivity index (χ2n) is 6.89. The lowest BCUT2D eigenvalue weighted by Gasteiger charge is -2.18. The van der Waals surface area contributed by atoms with Crippen LogP contribution in [0.4, 0.5) is 5.82 Å². The van der Waals surface area contributed by atoms with E-state index in [-0.39, 0.29) is 24.7 Å². The zero-order valence-corrected chi connectivity index (χ0v) is 14.0. The number of anilines is 1. The fourth-order valence-electron chi connectivity index (χ4n) is 3.79. The van der Waals surface area contributed by atoms with E-state index in [1.54, 1.807) is 10.9 Å². The Bertz CT molecular complexity index is 753. The first kappa shape index (κ1) is 16.6. The predicted octanol–water partition coefficient (Wildman–Crippen LogP) is 0.0383. The van der Waals surface area contributed by atoms with Crippen molar-refractivity contribution in [3.63, 3.8) is 0 Å². The molecule has 1 unspecified atom stereocenters. The summed E-state index contributed by atoms with van der Waals surface area (Å²) in [6.07, 6.45) is 3.51. The van der Waals surface area contributed by atoms with E-state index in [2.05, 4.69) is 20.3 Å². The maximum Gasteiger partial charge on any atom is 0.167 e. The van der Waals surface area contributed by atoms with Crippen LogP contribution in [0.25, 0.3) is 11.2 Å². The van der Waals surface area contributed by atoms with Gasteiger partial charge in [0.2, 0.25) is 0 Å². The van der Waals surface area contributed by atoms with Crippen LogP contribution in [0.2, 0.25) is 0 Å². The average molecular weight is 349 g/mol. The van der Waals surface area contributed by atoms with E-state index in [1.807, 2.05) is 6.92 Å². The molecule has 0 amide bonds. The Kier molecular flexibility index (Phi) is 4.32. The maximum absolute atomic E-state index is 10.2. The fraction of sp³-hybridized carbons (Fsp3) is 0.688. The van der Waals surface area contributed by atoms with Crippen LogP contribution in [0.15, 0.2) is 12.7 Å². The Morgan fingerprint density at radius 2 is 2.12 bits per heavy atom. The van der Waals surface area contributed by atoms with Crippen molar-refractivity contribution in [3.8, 4) is 0 Å². The third kappa shape index (κ3) is 2.77. The molecule has 2 fully saturated rings. The minimum atomic E-state index is -0.750. The van der Waals surface area contributed by atoms with Crippen LogP contribution in [0.1, 0.15) is 32.4 Å². The van der Waals surface area contributed by atoms with Crippen molar-refractivity contribution >= 4 is 17.0 Å². The molecule has 25 heavy (non-hydrogen) atoms. The molecule has 2 aromatic rings. The van der Waals surface area contributed by atoms with Gasteiger partial charge in [0.25, 0.3) is 0 Å². The molecule has 1 aliphatic heterocycles. The average Bonchev–Trinajstić information content (AvgIpc) is 3.29. The van der Waals surface area contributed by atoms with Crippen molar-refractivity contribution in [3.05, 3.63) is 12.7 Å². The lowest BCUT2D eigenvalue weighted by Crippen LogP contribution is -2.28. The van der Waals surface area contributed by atoms with Gasteiger partial charge in [-0.1, -0.05) is 6.92 Å². The van der Waals surface area contributed by atoms with E-state index in [1.165, 1.54) is 6.33 Å². The number of hydrogen-bond donors (Lipinski definition) is 4. The van der Waals surface area contributed by atoms with E-state index in [9.17, 15) is 15.3 Å². The van der Waals surface area contributed by atoms with Gasteiger partial charge in [0.15, 0.2) is 17.0 Å². The van der Waals surface area contributed by atoms with Gasteiger partial charge < -0.3 is 25.4 Å². The van der Waals surface area contributed by atoms with Gasteiger partial charge in [-0.15, -0.1) is 0 Å². The van der Waals surface area contributed by atoms with Gasteiger partial charge >= 0.3 is 0 Å². The van der Waals surface area contributed by atoms with E-state index < -0.39 is 18.4 Å². The van der Waals surface area contributed by atoms with Gasteiger partial charge in [-0.25, -0.2) is 15.0 Å². The minimum absolute atomic E-state index is 0.0366. The van der Waals surface area contributed by atoms with Crippen LogP contribution >= 0.6 is 0 Å². The highest BCUT2D eigenvalue weighted by molar-refractivity contribution is 5.82. The Labute approximate surface area is 144 Å². The van der Waals surface area contributed by atoms with E-state index in [0.29, 0.717) is 17.0 Å². The molecule has 2 aliphatic rings. The van der Waals surface area contributed by atoms with Crippen LogP contribution in [0.5, 0.6) is 0 Å². The summed E-state index contributed by atoms with van der Waals surface area (Å²) in [5, 5.41) is 32.8. The normalized spacial score (nSPS) is 35.5. The van der Waals surface area contributed by atoms with E-state index in [4.69, 9.17) is 4.74 Å². The van der Waals surface area contributed by atoms with E-state index >= 15 is 0 Å². The van der Waals surface area contributed by atoms with Gasteiger partial charge in [-0.3, -0.25) is 4.57 Å². The first-order valence-electron chi connectivity index (χ1n) is 8.66. The summed E-state index contributed by atoms with van der Waals surface area (Å²) in [5.41, 5.74) is 1.19. The van der Waals surface area contributed by atoms with Crippen LogP contribution < -0.4 is 5.32 Å². The molecule has 0 radical (unpaired) electrons. The number of aromatic nitrogens is 4. The zero-order valence-electron chi connectivity index (χ0n) is 14.0. The lowest BCUT2D eigenvalue weighted by molar-refractivity contribution is -0.0447. The van der Waals surface area contributed by atoms with Crippen LogP contribution in [-0.4, -0.2) is 65.8 Å². The number of nitrogens with zero attached hydrogens (tertiary/aromatic N) is 4. The molecule has 1 saturated heterocycles. The topological polar surface area (TPSA) is 126 Å². The molecule has 4 rings (SSSR count). The summed E-state index contributed by atoms with van der Waals surface area (Å²) in [7, 11) is 0. The third-order valence-electron chi connectivity index (χ3n) is 5.30. The van der Waals surface area contributed by atoms with Crippen molar-refractivity contribution in [2.75, 3.05) is 11.9 Å². The first-order chi connectivity index (χ1) is 12.1. The molecule has 1 aliphatic carbocycles. The summed E-state index contributed by atoms with van der Waals surface area (Å²) in [6, 6.07) is -0.0366. The zero-order chi connectivity index (χ0) is 17.6. The van der Waals surface area contributed by atoms with Crippen molar-refractivity contribution < 1.29 is 20.1 Å². The SMILES string of the molecule is C[C@@H]1[C@H](O)[C@@H](CO)O[C@H]1n1cnc2c(NC3CCC[C@@H]3O)ncnc21. The highest BCUT2D eigenvalue weighted by Crippen LogP contribution is 2.36. The summed E-state index contributed by atoms with van der Waals surface area (Å²) in [4.78, 5) is 13.0. The molecule has 0 bridgehead atoms. The van der Waals surface area contributed by atoms with Gasteiger partial charge in [0.1, 0.15) is 18.7 Å². The second-order valence-corrected chi connectivity index (χ2v) is 6.89. The molecule has 9 nitrogen and oxygen atoms in total. The number of rotatable bonds is 4. The summed E-state index contributed by atoms with van der Waals surface area (Å²) in [6.45, 7) is 1.63. The van der Waals surface area contributed by atoms with Crippen molar-refractivity contribution in [1.29, 1.82) is 0 Å². The molecule has 136 valence electrons. The van der Waals surface area contributed by atoms with Crippen LogP contribution in [0, 0.1) is 5.92 Å². The number of aliphatic hydroxyl groups is 3. The highest BCUT2D eigenvalue weighted by Gasteiger charge is 2.42. The maximum atomic E-state index is 10.2. The molecule has 9 heteroatoms. The lowest BCUT2D eigenvalue weighted by atomic mass is 10.0. The number of nitrogens with one attached hydrogen (secondary N) is 1. The summed E-state index contributed by atoms with van der Waals surface area (Å²) < 4.78 is 7.54. The molecular formula is C16H23N5O4. The molecule has 1 saturated carbocycles. The molecular weight excluding hydrogens is 326 g/mol. The third-order valence-corrected chi connectivity index (χ3v) is 5.30. The van der Waals surface area contributed by atoms with Crippen LogP contribution in [-0.2, 0) is 4.74 Å². The second kappa shape index (κ2) is 6.49. The molecule has 2 aromatic heterocycles. The Hall–Kier alpha value is -1.81. The van der Waals surface area contributed by atoms with Gasteiger partial charge in [0.05, 0.1) is 31.2 Å². The van der Waals surface area contributed by atoms with E-state index in [0.717, 1.165) is 19.3 Å². The van der Waals surface area contributed by atoms with Gasteiger partial charge in [-0.2, -0.15) is 0 Å². The molecule has 4 N–H and O–H groups in total. The molecule has 3 heterocycles. The van der Waals surface area contributed by atoms with Gasteiger partial charge in [-0.05, 0) is 19.3 Å². The fourth-order valence-corrected chi connectivity index (χ4v) is 3.79. The van der Waals surface area contributed by atoms with Crippen molar-refractivity contribution in [1.82, 2.24) is 19.5 Å². The number of hydrogen-bond acceptors (Lipinski definition) is 8. The Morgan fingerprint density at radius 3 is 2.80 bits per heavy atom. The number of imidazole rings is 1. The Balaban J connectivity index is 1.65. The summed E-state index contributed by atoms with van der Waals surface area (Å²) >= 11 is 0. The molecule has 6 atom stereocenters. The van der Waals surface area contributed by atoms with Crippen LogP contribution in [0.3, 0.4) is 0 Å². The highest BCUT2D eigenvalue weighted by atomic mass is 16.5. The number of aliphatic hydroxyl groups excluding tert-OH is 3. The predicted molar refractivity (Wildman–Crippen MR) is 88.8 cm³/mol. The number of fused-ring (bicyclic) bond motifs is 1. The minimum Gasteiger partial charge on any atom is -0.394 e. The molecule has 0 spiro atoms. The monoisotopic (exact) mass is 349 g/mol. The number of ether oxygens (including phenoxy) is 1. The van der Waals surface area contributed by atoms with Crippen molar-refractivity contribution in [2.24, 2.45) is 5.92 Å². The quantitative estimate of drug-likeness (QED) is 0.610. The standard InChI is InChI=1S/C16H23N5O4/c1-8-13(24)11(5-22)25-16(8)21-7-19-12-14(17-6-18-15(12)21)20-9-3-2-4-10(9)23/h6-11,13,16,22-24H,2-5H2,1H3,(H,17,18,20)/t8-,9?,10+,11-,13+,16-/m1/s1. The molecule has 0 aromatic carbocycles. The Morgan fingerprint density at radius 1 is 1.28 bits per heavy atom. The first-order valence-corrected chi connectivity index (χ1v) is 8.66. The largest absolute Gasteiger partial charge is 0.394 e. The van der Waals surface area contributed by atoms with Gasteiger partial charge in [0, 0.05) is 5.92 Å². The summed E-state index contributed by atoms with van der Waals surface area (Å²) in [5.74, 6) is 0.372. The smallest absolute Gasteiger partial charge is 0.167 e.